The van der Waals surface area contributed by atoms with Gasteiger partial charge in [-0.2, -0.15) is 0 Å². The van der Waals surface area contributed by atoms with Crippen LogP contribution in [0.4, 0.5) is 11.4 Å². The van der Waals surface area contributed by atoms with Crippen molar-refractivity contribution in [1.29, 1.82) is 0 Å². The number of hydrogen-bond donors (Lipinski definition) is 3. The van der Waals surface area contributed by atoms with Gasteiger partial charge in [-0.05, 0) is 56.2 Å². The lowest BCUT2D eigenvalue weighted by Crippen LogP contribution is -2.56. The highest BCUT2D eigenvalue weighted by Crippen LogP contribution is 2.46. The number of rotatable bonds is 5. The average Bonchev–Trinajstić information content (AvgIpc) is 3.30. The van der Waals surface area contributed by atoms with E-state index in [1.54, 1.807) is 36.4 Å². The number of nitrogens with one attached hydrogen (secondary N) is 2. The number of para-hydroxylation sites is 2. The first-order valence-corrected chi connectivity index (χ1v) is 11.2. The smallest absolute Gasteiger partial charge is 0.235 e. The molecule has 3 aromatic rings. The number of hydrogen-bond acceptors (Lipinski definition) is 5. The Morgan fingerprint density at radius 3 is 2.00 bits per heavy atom. The maximum absolute atomic E-state index is 13.6. The molecule has 176 valence electrons. The molecule has 3 N–H and O–H groups in total. The first-order chi connectivity index (χ1) is 16.2. The van der Waals surface area contributed by atoms with Gasteiger partial charge in [0.05, 0.1) is 23.7 Å². The molecule has 1 fully saturated rings. The molecular formula is C27H28N2O5. The third kappa shape index (κ3) is 4.52. The topological polar surface area (TPSA) is 109 Å². The lowest BCUT2D eigenvalue weighted by atomic mass is 9.62. The number of furan rings is 1. The second-order valence-electron chi connectivity index (χ2n) is 9.11. The number of amides is 2. The molecule has 4 rings (SSSR count). The summed E-state index contributed by atoms with van der Waals surface area (Å²) < 4.78 is 5.60. The van der Waals surface area contributed by atoms with Crippen LogP contribution in [0.3, 0.4) is 0 Å². The third-order valence-electron chi connectivity index (χ3n) is 6.51. The third-order valence-corrected chi connectivity index (χ3v) is 6.51. The molecule has 0 saturated heterocycles. The minimum absolute atomic E-state index is 0.295. The van der Waals surface area contributed by atoms with Crippen LogP contribution in [-0.2, 0) is 14.4 Å². The van der Waals surface area contributed by atoms with Crippen molar-refractivity contribution in [3.8, 4) is 0 Å². The Morgan fingerprint density at radius 2 is 1.47 bits per heavy atom. The molecule has 1 aliphatic rings. The Hall–Kier alpha value is -3.71. The van der Waals surface area contributed by atoms with Crippen molar-refractivity contribution in [3.63, 3.8) is 0 Å². The Bertz CT molecular complexity index is 1220. The van der Waals surface area contributed by atoms with Crippen LogP contribution in [0.15, 0.2) is 71.3 Å². The van der Waals surface area contributed by atoms with Crippen molar-refractivity contribution in [2.45, 2.75) is 38.7 Å². The van der Waals surface area contributed by atoms with Gasteiger partial charge in [0.1, 0.15) is 17.5 Å². The summed E-state index contributed by atoms with van der Waals surface area (Å²) in [6.07, 6.45) is 1.09. The van der Waals surface area contributed by atoms with Gasteiger partial charge in [0, 0.05) is 17.8 Å². The van der Waals surface area contributed by atoms with Gasteiger partial charge in [-0.1, -0.05) is 36.4 Å². The quantitative estimate of drug-likeness (QED) is 0.494. The van der Waals surface area contributed by atoms with Crippen LogP contribution in [0.25, 0.3) is 0 Å². The summed E-state index contributed by atoms with van der Waals surface area (Å²) in [7, 11) is 0. The van der Waals surface area contributed by atoms with E-state index in [0.29, 0.717) is 17.1 Å². The highest BCUT2D eigenvalue weighted by Gasteiger charge is 2.57. The van der Waals surface area contributed by atoms with Crippen molar-refractivity contribution < 1.29 is 23.9 Å². The number of ketones is 1. The minimum atomic E-state index is -1.68. The summed E-state index contributed by atoms with van der Waals surface area (Å²) in [4.78, 5) is 40.2. The average molecular weight is 461 g/mol. The summed E-state index contributed by atoms with van der Waals surface area (Å²) in [5.41, 5.74) is 1.19. The van der Waals surface area contributed by atoms with Gasteiger partial charge in [-0.25, -0.2) is 0 Å². The van der Waals surface area contributed by atoms with Gasteiger partial charge >= 0.3 is 0 Å². The zero-order chi connectivity index (χ0) is 24.5. The van der Waals surface area contributed by atoms with Gasteiger partial charge in [-0.3, -0.25) is 14.4 Å². The molecule has 0 unspecified atom stereocenters. The first-order valence-electron chi connectivity index (χ1n) is 11.2. The van der Waals surface area contributed by atoms with Crippen LogP contribution in [0.5, 0.6) is 0 Å². The van der Waals surface area contributed by atoms with Crippen molar-refractivity contribution in [1.82, 2.24) is 0 Å². The molecule has 2 amide bonds. The van der Waals surface area contributed by atoms with Gasteiger partial charge in [0.15, 0.2) is 0 Å². The van der Waals surface area contributed by atoms with E-state index in [4.69, 9.17) is 4.42 Å². The number of aryl methyl sites for hydroxylation is 2. The van der Waals surface area contributed by atoms with Crippen LogP contribution in [-0.4, -0.2) is 28.3 Å². The van der Waals surface area contributed by atoms with Crippen LogP contribution in [0.1, 0.15) is 36.1 Å². The van der Waals surface area contributed by atoms with Crippen molar-refractivity contribution in [2.75, 3.05) is 10.6 Å². The second-order valence-corrected chi connectivity index (χ2v) is 9.11. The Labute approximate surface area is 198 Å². The number of anilines is 2. The summed E-state index contributed by atoms with van der Waals surface area (Å²) in [5.74, 6) is -4.48. The molecule has 7 heteroatoms. The van der Waals surface area contributed by atoms with E-state index in [2.05, 4.69) is 10.6 Å². The lowest BCUT2D eigenvalue weighted by Gasteiger charge is -2.43. The van der Waals surface area contributed by atoms with Gasteiger partial charge in [0.2, 0.25) is 11.8 Å². The van der Waals surface area contributed by atoms with E-state index in [9.17, 15) is 19.5 Å². The number of carbonyl (C=O) groups is 3. The predicted octanol–water partition coefficient (Wildman–Crippen LogP) is 4.21. The van der Waals surface area contributed by atoms with Crippen LogP contribution >= 0.6 is 0 Å². The standard InChI is InChI=1S/C27H28N2O5/c1-16-9-4-6-11-18(16)28-25(31)22-20(30)15-27(3,33)24(23(22)21-13-8-14-34-21)26(32)29-19-12-7-5-10-17(19)2/h4-14,22-24,33H,15H2,1-3H3,(H,28,31)(H,29,32)/t22-,23+,24+,27+/m1/s1. The zero-order valence-corrected chi connectivity index (χ0v) is 19.4. The van der Waals surface area contributed by atoms with E-state index in [1.807, 2.05) is 38.1 Å². The normalized spacial score (nSPS) is 24.5. The lowest BCUT2D eigenvalue weighted by molar-refractivity contribution is -0.151. The van der Waals surface area contributed by atoms with Crippen LogP contribution in [0.2, 0.25) is 0 Å². The fraction of sp³-hybridized carbons (Fsp3) is 0.296. The van der Waals surface area contributed by atoms with E-state index in [-0.39, 0.29) is 6.42 Å². The molecule has 34 heavy (non-hydrogen) atoms. The summed E-state index contributed by atoms with van der Waals surface area (Å²) in [6.45, 7) is 5.17. The highest BCUT2D eigenvalue weighted by molar-refractivity contribution is 6.10. The van der Waals surface area contributed by atoms with Crippen molar-refractivity contribution in [2.24, 2.45) is 11.8 Å². The maximum Gasteiger partial charge on any atom is 0.235 e. The minimum Gasteiger partial charge on any atom is -0.469 e. The largest absolute Gasteiger partial charge is 0.469 e. The number of carbonyl (C=O) groups excluding carboxylic acids is 3. The molecule has 7 nitrogen and oxygen atoms in total. The molecule has 0 radical (unpaired) electrons. The van der Waals surface area contributed by atoms with E-state index >= 15 is 0 Å². The summed E-state index contributed by atoms with van der Waals surface area (Å²) in [6, 6.07) is 17.8. The Kier molecular flexibility index (Phi) is 6.39. The van der Waals surface area contributed by atoms with E-state index in [0.717, 1.165) is 11.1 Å². The molecular weight excluding hydrogens is 432 g/mol. The molecule has 0 spiro atoms. The molecule has 0 bridgehead atoms. The summed E-state index contributed by atoms with van der Waals surface area (Å²) >= 11 is 0. The molecule has 0 aliphatic heterocycles. The highest BCUT2D eigenvalue weighted by atomic mass is 16.3. The predicted molar refractivity (Wildman–Crippen MR) is 128 cm³/mol. The fourth-order valence-corrected chi connectivity index (χ4v) is 4.76. The molecule has 4 atom stereocenters. The molecule has 1 heterocycles. The zero-order valence-electron chi connectivity index (χ0n) is 19.4. The molecule has 1 aromatic heterocycles. The van der Waals surface area contributed by atoms with Gasteiger partial charge in [0.25, 0.3) is 0 Å². The molecule has 2 aromatic carbocycles. The number of benzene rings is 2. The van der Waals surface area contributed by atoms with Crippen LogP contribution < -0.4 is 10.6 Å². The van der Waals surface area contributed by atoms with Crippen molar-refractivity contribution in [3.05, 3.63) is 83.8 Å². The van der Waals surface area contributed by atoms with E-state index < -0.39 is 41.0 Å². The first kappa shape index (κ1) is 23.4. The number of Topliss-reactive ketones (excluding diaryl/α,β-unsaturated/α-hetero) is 1. The fourth-order valence-electron chi connectivity index (χ4n) is 4.76. The molecule has 1 saturated carbocycles. The maximum atomic E-state index is 13.6. The Balaban J connectivity index is 1.74. The Morgan fingerprint density at radius 1 is 0.912 bits per heavy atom. The second kappa shape index (κ2) is 9.27. The van der Waals surface area contributed by atoms with Crippen LogP contribution in [0, 0.1) is 25.7 Å². The van der Waals surface area contributed by atoms with Gasteiger partial charge < -0.3 is 20.2 Å². The van der Waals surface area contributed by atoms with Crippen molar-refractivity contribution >= 4 is 29.0 Å². The number of aliphatic hydroxyl groups is 1. The van der Waals surface area contributed by atoms with E-state index in [1.165, 1.54) is 13.2 Å². The van der Waals surface area contributed by atoms with Gasteiger partial charge in [-0.15, -0.1) is 0 Å². The SMILES string of the molecule is Cc1ccccc1NC(=O)[C@@H]1C(=O)C[C@](C)(O)[C@H](C(=O)Nc2ccccc2C)[C@H]1c1ccco1. The summed E-state index contributed by atoms with van der Waals surface area (Å²) in [5, 5.41) is 17.0. The monoisotopic (exact) mass is 460 g/mol. The molecule has 1 aliphatic carbocycles.